The Hall–Kier alpha value is -2.11. The number of anilines is 1. The zero-order valence-electron chi connectivity index (χ0n) is 11.6. The van der Waals surface area contributed by atoms with Crippen LogP contribution in [0.5, 0.6) is 5.75 Å². The quantitative estimate of drug-likeness (QED) is 0.820. The maximum atomic E-state index is 5.96. The van der Waals surface area contributed by atoms with Gasteiger partial charge in [-0.05, 0) is 11.6 Å². The van der Waals surface area contributed by atoms with Gasteiger partial charge in [-0.3, -0.25) is 4.98 Å². The maximum absolute atomic E-state index is 5.96. The zero-order chi connectivity index (χ0) is 14.4. The van der Waals surface area contributed by atoms with Gasteiger partial charge in [0.15, 0.2) is 5.75 Å². The molecular formula is C15H18N2O3. The van der Waals surface area contributed by atoms with Crippen LogP contribution in [-0.4, -0.2) is 19.2 Å². The SMILES string of the molecule is COC(OC)c1nccc(N)c1OCc1ccccc1. The van der Waals surface area contributed by atoms with E-state index in [1.807, 2.05) is 30.3 Å². The van der Waals surface area contributed by atoms with E-state index in [9.17, 15) is 0 Å². The van der Waals surface area contributed by atoms with Crippen molar-refractivity contribution in [1.82, 2.24) is 4.98 Å². The molecule has 0 aliphatic rings. The molecule has 0 aliphatic carbocycles. The number of ether oxygens (including phenoxy) is 3. The Morgan fingerprint density at radius 3 is 2.45 bits per heavy atom. The molecule has 106 valence electrons. The van der Waals surface area contributed by atoms with Crippen LogP contribution in [0.4, 0.5) is 5.69 Å². The molecule has 2 rings (SSSR count). The second-order valence-electron chi connectivity index (χ2n) is 4.19. The van der Waals surface area contributed by atoms with Crippen molar-refractivity contribution in [2.45, 2.75) is 12.9 Å². The molecule has 2 aromatic rings. The number of nitrogens with two attached hydrogens (primary N) is 1. The summed E-state index contributed by atoms with van der Waals surface area (Å²) in [4.78, 5) is 4.24. The van der Waals surface area contributed by atoms with E-state index >= 15 is 0 Å². The summed E-state index contributed by atoms with van der Waals surface area (Å²) in [5.41, 5.74) is 8.04. The average Bonchev–Trinajstić information content (AvgIpc) is 2.49. The number of pyridine rings is 1. The summed E-state index contributed by atoms with van der Waals surface area (Å²) in [7, 11) is 3.08. The molecule has 2 N–H and O–H groups in total. The number of nitrogen functional groups attached to an aromatic ring is 1. The molecule has 0 unspecified atom stereocenters. The van der Waals surface area contributed by atoms with Crippen LogP contribution in [0.25, 0.3) is 0 Å². The van der Waals surface area contributed by atoms with E-state index in [-0.39, 0.29) is 0 Å². The van der Waals surface area contributed by atoms with Gasteiger partial charge >= 0.3 is 0 Å². The third-order valence-electron chi connectivity index (χ3n) is 2.84. The molecule has 0 radical (unpaired) electrons. The molecule has 1 aromatic heterocycles. The normalized spacial score (nSPS) is 10.8. The Morgan fingerprint density at radius 2 is 1.80 bits per heavy atom. The minimum Gasteiger partial charge on any atom is -0.485 e. The summed E-state index contributed by atoms with van der Waals surface area (Å²) in [6.07, 6.45) is 0.995. The van der Waals surface area contributed by atoms with Gasteiger partial charge in [0, 0.05) is 20.4 Å². The van der Waals surface area contributed by atoms with Gasteiger partial charge in [0.05, 0.1) is 5.69 Å². The fraction of sp³-hybridized carbons (Fsp3) is 0.267. The molecule has 5 heteroatoms. The van der Waals surface area contributed by atoms with Crippen LogP contribution in [0.2, 0.25) is 0 Å². The van der Waals surface area contributed by atoms with Gasteiger partial charge in [-0.2, -0.15) is 0 Å². The van der Waals surface area contributed by atoms with Gasteiger partial charge in [0.25, 0.3) is 0 Å². The van der Waals surface area contributed by atoms with Crippen molar-refractivity contribution in [1.29, 1.82) is 0 Å². The molecule has 5 nitrogen and oxygen atoms in total. The number of methoxy groups -OCH3 is 2. The largest absolute Gasteiger partial charge is 0.485 e. The summed E-state index contributed by atoms with van der Waals surface area (Å²) in [6, 6.07) is 11.5. The van der Waals surface area contributed by atoms with Crippen molar-refractivity contribution in [2.24, 2.45) is 0 Å². The molecule has 0 saturated heterocycles. The molecular weight excluding hydrogens is 256 g/mol. The zero-order valence-corrected chi connectivity index (χ0v) is 11.6. The summed E-state index contributed by atoms with van der Waals surface area (Å²) >= 11 is 0. The minimum atomic E-state index is -0.607. The monoisotopic (exact) mass is 274 g/mol. The number of rotatable bonds is 6. The fourth-order valence-electron chi connectivity index (χ4n) is 1.85. The lowest BCUT2D eigenvalue weighted by Gasteiger charge is -2.18. The van der Waals surface area contributed by atoms with E-state index in [0.717, 1.165) is 5.56 Å². The Morgan fingerprint density at radius 1 is 1.10 bits per heavy atom. The molecule has 0 fully saturated rings. The Kier molecular flexibility index (Phi) is 4.92. The maximum Gasteiger partial charge on any atom is 0.204 e. The molecule has 1 heterocycles. The summed E-state index contributed by atoms with van der Waals surface area (Å²) in [5, 5.41) is 0. The van der Waals surface area contributed by atoms with E-state index < -0.39 is 6.29 Å². The predicted molar refractivity (Wildman–Crippen MR) is 76.2 cm³/mol. The third-order valence-corrected chi connectivity index (χ3v) is 2.84. The summed E-state index contributed by atoms with van der Waals surface area (Å²) in [6.45, 7) is 0.407. The Labute approximate surface area is 118 Å². The Balaban J connectivity index is 2.22. The minimum absolute atomic E-state index is 0.407. The van der Waals surface area contributed by atoms with Gasteiger partial charge in [-0.25, -0.2) is 0 Å². The van der Waals surface area contributed by atoms with Crippen molar-refractivity contribution < 1.29 is 14.2 Å². The lowest BCUT2D eigenvalue weighted by atomic mass is 10.2. The van der Waals surface area contributed by atoms with Crippen LogP contribution >= 0.6 is 0 Å². The van der Waals surface area contributed by atoms with Crippen LogP contribution in [-0.2, 0) is 16.1 Å². The first-order chi connectivity index (χ1) is 9.76. The third kappa shape index (κ3) is 3.26. The first-order valence-electron chi connectivity index (χ1n) is 6.23. The van der Waals surface area contributed by atoms with Gasteiger partial charge < -0.3 is 19.9 Å². The molecule has 0 amide bonds. The lowest BCUT2D eigenvalue weighted by molar-refractivity contribution is -0.109. The topological polar surface area (TPSA) is 66.6 Å². The summed E-state index contributed by atoms with van der Waals surface area (Å²) in [5.74, 6) is 0.491. The van der Waals surface area contributed by atoms with Crippen LogP contribution in [0.1, 0.15) is 17.5 Å². The van der Waals surface area contributed by atoms with Crippen LogP contribution < -0.4 is 10.5 Å². The second-order valence-corrected chi connectivity index (χ2v) is 4.19. The van der Waals surface area contributed by atoms with Crippen LogP contribution in [0.15, 0.2) is 42.6 Å². The Bertz CT molecular complexity index is 542. The standard InChI is InChI=1S/C15H18N2O3/c1-18-15(19-2)13-14(12(16)8-9-17-13)20-10-11-6-4-3-5-7-11/h3-9,15H,10H2,1-2H3,(H2,16,17). The lowest BCUT2D eigenvalue weighted by Crippen LogP contribution is -2.10. The highest BCUT2D eigenvalue weighted by molar-refractivity contribution is 5.54. The molecule has 0 bridgehead atoms. The van der Waals surface area contributed by atoms with Gasteiger partial charge in [0.2, 0.25) is 6.29 Å². The fourth-order valence-corrected chi connectivity index (χ4v) is 1.85. The van der Waals surface area contributed by atoms with Gasteiger partial charge in [-0.15, -0.1) is 0 Å². The number of aromatic nitrogens is 1. The van der Waals surface area contributed by atoms with E-state index in [1.54, 1.807) is 26.5 Å². The highest BCUT2D eigenvalue weighted by Crippen LogP contribution is 2.31. The van der Waals surface area contributed by atoms with Gasteiger partial charge in [0.1, 0.15) is 12.3 Å². The predicted octanol–water partition coefficient (Wildman–Crippen LogP) is 2.53. The van der Waals surface area contributed by atoms with Crippen molar-refractivity contribution in [3.05, 3.63) is 53.9 Å². The second kappa shape index (κ2) is 6.88. The van der Waals surface area contributed by atoms with E-state index in [1.165, 1.54) is 0 Å². The van der Waals surface area contributed by atoms with Gasteiger partial charge in [-0.1, -0.05) is 30.3 Å². The highest BCUT2D eigenvalue weighted by Gasteiger charge is 2.19. The first kappa shape index (κ1) is 14.3. The van der Waals surface area contributed by atoms with Crippen molar-refractivity contribution >= 4 is 5.69 Å². The number of hydrogen-bond acceptors (Lipinski definition) is 5. The van der Waals surface area contributed by atoms with E-state index in [0.29, 0.717) is 23.7 Å². The smallest absolute Gasteiger partial charge is 0.204 e. The first-order valence-corrected chi connectivity index (χ1v) is 6.23. The average molecular weight is 274 g/mol. The summed E-state index contributed by atoms with van der Waals surface area (Å²) < 4.78 is 16.2. The van der Waals surface area contributed by atoms with Crippen LogP contribution in [0.3, 0.4) is 0 Å². The molecule has 0 spiro atoms. The molecule has 1 aromatic carbocycles. The number of hydrogen-bond donors (Lipinski definition) is 1. The highest BCUT2D eigenvalue weighted by atomic mass is 16.7. The van der Waals surface area contributed by atoms with Crippen molar-refractivity contribution in [3.8, 4) is 5.75 Å². The van der Waals surface area contributed by atoms with Crippen molar-refractivity contribution in [2.75, 3.05) is 20.0 Å². The van der Waals surface area contributed by atoms with E-state index in [4.69, 9.17) is 19.9 Å². The molecule has 0 saturated carbocycles. The molecule has 0 atom stereocenters. The number of nitrogens with zero attached hydrogens (tertiary/aromatic N) is 1. The van der Waals surface area contributed by atoms with Crippen molar-refractivity contribution in [3.63, 3.8) is 0 Å². The van der Waals surface area contributed by atoms with Crippen LogP contribution in [0, 0.1) is 0 Å². The molecule has 20 heavy (non-hydrogen) atoms. The number of benzene rings is 1. The molecule has 0 aliphatic heterocycles. The van der Waals surface area contributed by atoms with E-state index in [2.05, 4.69) is 4.98 Å².